The van der Waals surface area contributed by atoms with Crippen molar-refractivity contribution >= 4 is 23.3 Å². The van der Waals surface area contributed by atoms with Crippen LogP contribution in [0.2, 0.25) is 0 Å². The number of nitrogens with one attached hydrogen (secondary N) is 1. The Kier molecular flexibility index (Phi) is 6.87. The number of carbonyl (C=O) groups is 3. The molecule has 1 N–H and O–H groups in total. The first-order valence-corrected chi connectivity index (χ1v) is 10.4. The van der Waals surface area contributed by atoms with Gasteiger partial charge >= 0.3 is 0 Å². The maximum atomic E-state index is 13.1. The van der Waals surface area contributed by atoms with Gasteiger partial charge in [0.25, 0.3) is 5.91 Å². The zero-order chi connectivity index (χ0) is 21.7. The third-order valence-corrected chi connectivity index (χ3v) is 5.49. The lowest BCUT2D eigenvalue weighted by molar-refractivity contribution is -0.134. The number of nitrogens with zero attached hydrogens (tertiary/aromatic N) is 2. The van der Waals surface area contributed by atoms with Crippen LogP contribution < -0.4 is 10.2 Å². The van der Waals surface area contributed by atoms with Crippen LogP contribution in [0.15, 0.2) is 54.6 Å². The molecule has 6 nitrogen and oxygen atoms in total. The summed E-state index contributed by atoms with van der Waals surface area (Å²) in [7, 11) is 0. The van der Waals surface area contributed by atoms with E-state index < -0.39 is 6.04 Å². The van der Waals surface area contributed by atoms with Crippen LogP contribution in [0, 0.1) is 5.92 Å². The van der Waals surface area contributed by atoms with Gasteiger partial charge in [-0.05, 0) is 49.2 Å². The van der Waals surface area contributed by atoms with E-state index in [1.165, 1.54) is 0 Å². The van der Waals surface area contributed by atoms with Gasteiger partial charge in [-0.15, -0.1) is 0 Å². The number of rotatable bonds is 6. The molecule has 2 amide bonds. The van der Waals surface area contributed by atoms with Crippen molar-refractivity contribution in [3.8, 4) is 0 Å². The van der Waals surface area contributed by atoms with Gasteiger partial charge in [0.2, 0.25) is 5.91 Å². The number of anilines is 1. The predicted molar refractivity (Wildman–Crippen MR) is 118 cm³/mol. The van der Waals surface area contributed by atoms with Crippen molar-refractivity contribution in [3.05, 3.63) is 65.7 Å². The van der Waals surface area contributed by atoms with E-state index >= 15 is 0 Å². The first kappa shape index (κ1) is 21.6. The van der Waals surface area contributed by atoms with Crippen LogP contribution >= 0.6 is 0 Å². The molecule has 0 radical (unpaired) electrons. The molecule has 0 aromatic heterocycles. The van der Waals surface area contributed by atoms with Crippen LogP contribution in [0.25, 0.3) is 0 Å². The van der Waals surface area contributed by atoms with Crippen molar-refractivity contribution in [3.63, 3.8) is 0 Å². The van der Waals surface area contributed by atoms with Crippen molar-refractivity contribution in [1.82, 2.24) is 10.2 Å². The number of amides is 2. The van der Waals surface area contributed by atoms with E-state index in [0.29, 0.717) is 37.3 Å². The molecule has 1 fully saturated rings. The lowest BCUT2D eigenvalue weighted by Gasteiger charge is -2.38. The summed E-state index contributed by atoms with van der Waals surface area (Å²) in [5, 5.41) is 2.91. The molecule has 158 valence electrons. The summed E-state index contributed by atoms with van der Waals surface area (Å²) in [4.78, 5) is 41.2. The number of hydrogen-bond acceptors (Lipinski definition) is 4. The number of piperazine rings is 1. The second-order valence-electron chi connectivity index (χ2n) is 7.98. The summed E-state index contributed by atoms with van der Waals surface area (Å²) >= 11 is 0. The van der Waals surface area contributed by atoms with E-state index in [-0.39, 0.29) is 23.5 Å². The quantitative estimate of drug-likeness (QED) is 0.748. The van der Waals surface area contributed by atoms with Gasteiger partial charge in [0.1, 0.15) is 6.04 Å². The van der Waals surface area contributed by atoms with Crippen molar-refractivity contribution < 1.29 is 14.4 Å². The Hall–Kier alpha value is -3.15. The molecule has 1 unspecified atom stereocenters. The minimum Gasteiger partial charge on any atom is -0.368 e. The van der Waals surface area contributed by atoms with E-state index in [1.807, 2.05) is 61.2 Å². The van der Waals surface area contributed by atoms with Crippen LogP contribution in [0.4, 0.5) is 5.69 Å². The van der Waals surface area contributed by atoms with Gasteiger partial charge < -0.3 is 15.1 Å². The van der Waals surface area contributed by atoms with E-state index in [1.54, 1.807) is 19.1 Å². The molecule has 1 atom stereocenters. The Bertz CT molecular complexity index is 886. The molecule has 30 heavy (non-hydrogen) atoms. The summed E-state index contributed by atoms with van der Waals surface area (Å²) in [5.41, 5.74) is 2.29. The average Bonchev–Trinajstić information content (AvgIpc) is 2.77. The molecular weight excluding hydrogens is 378 g/mol. The Labute approximate surface area is 177 Å². The van der Waals surface area contributed by atoms with Crippen LogP contribution in [-0.2, 0) is 4.79 Å². The number of carbonyl (C=O) groups excluding carboxylic acids is 3. The Morgan fingerprint density at radius 3 is 1.97 bits per heavy atom. The molecule has 1 aliphatic rings. The molecule has 2 aromatic carbocycles. The van der Waals surface area contributed by atoms with E-state index in [2.05, 4.69) is 10.2 Å². The van der Waals surface area contributed by atoms with Crippen LogP contribution in [0.3, 0.4) is 0 Å². The third-order valence-electron chi connectivity index (χ3n) is 5.49. The SMILES string of the molecule is CC(=O)c1ccc(N2CCN(C(=O)C(NC(=O)c3ccccc3)C(C)C)CC2)cc1. The maximum absolute atomic E-state index is 13.1. The summed E-state index contributed by atoms with van der Waals surface area (Å²) in [5.74, 6) is -0.232. The Morgan fingerprint density at radius 1 is 0.833 bits per heavy atom. The van der Waals surface area contributed by atoms with Crippen molar-refractivity contribution in [1.29, 1.82) is 0 Å². The van der Waals surface area contributed by atoms with Gasteiger partial charge in [-0.25, -0.2) is 0 Å². The number of ketones is 1. The zero-order valence-corrected chi connectivity index (χ0v) is 17.8. The van der Waals surface area contributed by atoms with E-state index in [4.69, 9.17) is 0 Å². The fourth-order valence-corrected chi connectivity index (χ4v) is 3.62. The molecule has 1 saturated heterocycles. The molecule has 1 heterocycles. The Morgan fingerprint density at radius 2 is 1.43 bits per heavy atom. The van der Waals surface area contributed by atoms with Crippen LogP contribution in [0.5, 0.6) is 0 Å². The van der Waals surface area contributed by atoms with Gasteiger partial charge in [-0.2, -0.15) is 0 Å². The Balaban J connectivity index is 1.60. The van der Waals surface area contributed by atoms with Crippen molar-refractivity contribution in [2.24, 2.45) is 5.92 Å². The topological polar surface area (TPSA) is 69.7 Å². The highest BCUT2D eigenvalue weighted by atomic mass is 16.2. The van der Waals surface area contributed by atoms with Gasteiger partial charge in [-0.3, -0.25) is 14.4 Å². The number of benzene rings is 2. The van der Waals surface area contributed by atoms with Gasteiger partial charge in [0.05, 0.1) is 0 Å². The second-order valence-corrected chi connectivity index (χ2v) is 7.98. The molecule has 0 saturated carbocycles. The minimum atomic E-state index is -0.556. The summed E-state index contributed by atoms with van der Waals surface area (Å²) in [6.07, 6.45) is 0. The first-order valence-electron chi connectivity index (χ1n) is 10.4. The highest BCUT2D eigenvalue weighted by Crippen LogP contribution is 2.19. The molecule has 0 spiro atoms. The van der Waals surface area contributed by atoms with Crippen molar-refractivity contribution in [2.75, 3.05) is 31.1 Å². The monoisotopic (exact) mass is 407 g/mol. The predicted octanol–water partition coefficient (Wildman–Crippen LogP) is 2.99. The minimum absolute atomic E-state index is 0.0117. The first-order chi connectivity index (χ1) is 14.4. The molecular formula is C24H29N3O3. The van der Waals surface area contributed by atoms with Gasteiger partial charge in [0.15, 0.2) is 5.78 Å². The van der Waals surface area contributed by atoms with Gasteiger partial charge in [0, 0.05) is 43.0 Å². The lowest BCUT2D eigenvalue weighted by Crippen LogP contribution is -2.56. The summed E-state index contributed by atoms with van der Waals surface area (Å²) in [6.45, 7) is 8.06. The molecule has 1 aliphatic heterocycles. The molecule has 2 aromatic rings. The maximum Gasteiger partial charge on any atom is 0.251 e. The van der Waals surface area contributed by atoms with Crippen LogP contribution in [-0.4, -0.2) is 54.7 Å². The largest absolute Gasteiger partial charge is 0.368 e. The molecule has 0 bridgehead atoms. The summed E-state index contributed by atoms with van der Waals surface area (Å²) < 4.78 is 0. The number of hydrogen-bond donors (Lipinski definition) is 1. The van der Waals surface area contributed by atoms with Gasteiger partial charge in [-0.1, -0.05) is 32.0 Å². The summed E-state index contributed by atoms with van der Waals surface area (Å²) in [6, 6.07) is 16.0. The highest BCUT2D eigenvalue weighted by molar-refractivity contribution is 5.97. The lowest BCUT2D eigenvalue weighted by atomic mass is 10.0. The van der Waals surface area contributed by atoms with Crippen LogP contribution in [0.1, 0.15) is 41.5 Å². The zero-order valence-electron chi connectivity index (χ0n) is 17.8. The normalized spacial score (nSPS) is 15.1. The van der Waals surface area contributed by atoms with E-state index in [9.17, 15) is 14.4 Å². The van der Waals surface area contributed by atoms with E-state index in [0.717, 1.165) is 5.69 Å². The third kappa shape index (κ3) is 5.06. The highest BCUT2D eigenvalue weighted by Gasteiger charge is 2.31. The molecule has 3 rings (SSSR count). The molecule has 6 heteroatoms. The fraction of sp³-hybridized carbons (Fsp3) is 0.375. The second kappa shape index (κ2) is 9.57. The average molecular weight is 408 g/mol. The fourth-order valence-electron chi connectivity index (χ4n) is 3.62. The smallest absolute Gasteiger partial charge is 0.251 e. The number of Topliss-reactive ketones (excluding diaryl/α,β-unsaturated/α-hetero) is 1. The standard InChI is InChI=1S/C24H29N3O3/c1-17(2)22(25-23(29)20-7-5-4-6-8-20)24(30)27-15-13-26(14-16-27)21-11-9-19(10-12-21)18(3)28/h4-12,17,22H,13-16H2,1-3H3,(H,25,29). The van der Waals surface area contributed by atoms with Crippen molar-refractivity contribution in [2.45, 2.75) is 26.8 Å². The molecule has 0 aliphatic carbocycles.